The molecule has 5 aromatic rings. The van der Waals surface area contributed by atoms with Gasteiger partial charge in [0.05, 0.1) is 25.1 Å². The zero-order valence-electron chi connectivity index (χ0n) is 23.5. The Morgan fingerprint density at radius 3 is 2.29 bits per heavy atom. The number of benzene rings is 4. The Labute approximate surface area is 246 Å². The zero-order chi connectivity index (χ0) is 28.3. The average molecular weight is 555 g/mol. The summed E-state index contributed by atoms with van der Waals surface area (Å²) in [6.07, 6.45) is 5.16. The number of aromatic amines is 1. The Kier molecular flexibility index (Phi) is 7.18. The summed E-state index contributed by atoms with van der Waals surface area (Å²) in [6, 6.07) is 36.0. The van der Waals surface area contributed by atoms with Crippen molar-refractivity contribution in [3.05, 3.63) is 144 Å². The van der Waals surface area contributed by atoms with Gasteiger partial charge in [0.15, 0.2) is 0 Å². The number of ether oxygens (including phenoxy) is 1. The van der Waals surface area contributed by atoms with Gasteiger partial charge in [-0.15, -0.1) is 0 Å². The predicted octanol–water partition coefficient (Wildman–Crippen LogP) is 7.18. The number of rotatable bonds is 7. The van der Waals surface area contributed by atoms with Crippen molar-refractivity contribution in [2.75, 3.05) is 18.1 Å². The summed E-state index contributed by atoms with van der Waals surface area (Å²) in [4.78, 5) is 25.7. The topological polar surface area (TPSA) is 61.5 Å². The molecule has 2 aliphatic rings. The number of hydrogen-bond acceptors (Lipinski definition) is 4. The van der Waals surface area contributed by atoms with E-state index >= 15 is 0 Å². The van der Waals surface area contributed by atoms with Crippen LogP contribution in [0, 0.1) is 0 Å². The highest BCUT2D eigenvalue weighted by Crippen LogP contribution is 2.44. The lowest BCUT2D eigenvalue weighted by atomic mass is 9.98. The van der Waals surface area contributed by atoms with Crippen molar-refractivity contribution in [1.29, 1.82) is 0 Å². The third kappa shape index (κ3) is 5.16. The van der Waals surface area contributed by atoms with Crippen LogP contribution in [-0.4, -0.2) is 40.2 Å². The summed E-state index contributed by atoms with van der Waals surface area (Å²) in [7, 11) is 0. The molecule has 42 heavy (non-hydrogen) atoms. The number of nitrogens with one attached hydrogen (secondary N) is 1. The van der Waals surface area contributed by atoms with Crippen LogP contribution in [0.25, 0.3) is 11.1 Å². The van der Waals surface area contributed by atoms with Gasteiger partial charge >= 0.3 is 6.09 Å². The third-order valence-electron chi connectivity index (χ3n) is 8.63. The first-order chi connectivity index (χ1) is 20.7. The van der Waals surface area contributed by atoms with Crippen LogP contribution in [0.1, 0.15) is 40.3 Å². The van der Waals surface area contributed by atoms with E-state index in [9.17, 15) is 4.79 Å². The van der Waals surface area contributed by atoms with Crippen LogP contribution in [0.3, 0.4) is 0 Å². The van der Waals surface area contributed by atoms with E-state index in [0.717, 1.165) is 29.8 Å². The lowest BCUT2D eigenvalue weighted by molar-refractivity contribution is 0.0953. The van der Waals surface area contributed by atoms with Crippen LogP contribution in [0.4, 0.5) is 10.5 Å². The Hall–Kier alpha value is -4.84. The molecule has 6 heteroatoms. The molecule has 7 rings (SSSR count). The summed E-state index contributed by atoms with van der Waals surface area (Å²) in [5, 5.41) is 0. The van der Waals surface area contributed by atoms with E-state index in [1.807, 2.05) is 17.2 Å². The molecule has 1 aliphatic carbocycles. The summed E-state index contributed by atoms with van der Waals surface area (Å²) in [6.45, 7) is 2.09. The number of carbonyl (C=O) groups is 1. The lowest BCUT2D eigenvalue weighted by Gasteiger charge is -2.34. The molecule has 1 atom stereocenters. The molecular formula is C36H34N4O2. The Morgan fingerprint density at radius 1 is 0.857 bits per heavy atom. The highest BCUT2D eigenvalue weighted by Gasteiger charge is 2.33. The number of nitrogens with zero attached hydrogens (tertiary/aromatic N) is 3. The molecule has 2 heterocycles. The quantitative estimate of drug-likeness (QED) is 0.231. The van der Waals surface area contributed by atoms with Crippen molar-refractivity contribution in [2.45, 2.75) is 37.9 Å². The molecule has 0 saturated heterocycles. The van der Waals surface area contributed by atoms with E-state index < -0.39 is 0 Å². The molecule has 1 unspecified atom stereocenters. The zero-order valence-corrected chi connectivity index (χ0v) is 23.5. The summed E-state index contributed by atoms with van der Waals surface area (Å²) in [5.41, 5.74) is 9.51. The van der Waals surface area contributed by atoms with Gasteiger partial charge in [-0.1, -0.05) is 97.1 Å². The first kappa shape index (κ1) is 26.1. The molecule has 210 valence electrons. The molecule has 0 spiro atoms. The predicted molar refractivity (Wildman–Crippen MR) is 165 cm³/mol. The van der Waals surface area contributed by atoms with Crippen LogP contribution in [-0.2, 0) is 24.2 Å². The molecular weight excluding hydrogens is 520 g/mol. The number of hydrogen-bond donors (Lipinski definition) is 1. The van der Waals surface area contributed by atoms with Gasteiger partial charge < -0.3 is 19.5 Å². The van der Waals surface area contributed by atoms with Crippen molar-refractivity contribution < 1.29 is 9.53 Å². The first-order valence-corrected chi connectivity index (χ1v) is 14.7. The van der Waals surface area contributed by atoms with Crippen molar-refractivity contribution in [2.24, 2.45) is 0 Å². The number of amides is 1. The molecule has 6 nitrogen and oxygen atoms in total. The van der Waals surface area contributed by atoms with Crippen molar-refractivity contribution in [1.82, 2.24) is 14.9 Å². The second-order valence-electron chi connectivity index (χ2n) is 11.2. The van der Waals surface area contributed by atoms with Crippen LogP contribution in [0.5, 0.6) is 0 Å². The fourth-order valence-electron chi connectivity index (χ4n) is 6.56. The van der Waals surface area contributed by atoms with Crippen LogP contribution >= 0.6 is 0 Å². The normalized spacial score (nSPS) is 16.0. The molecule has 1 amide bonds. The Balaban J connectivity index is 1.15. The monoisotopic (exact) mass is 554 g/mol. The second-order valence-corrected chi connectivity index (χ2v) is 11.2. The maximum Gasteiger partial charge on any atom is 0.410 e. The number of aryl methyl sites for hydroxylation is 1. The van der Waals surface area contributed by atoms with E-state index in [4.69, 9.17) is 4.74 Å². The molecule has 1 aliphatic heterocycles. The number of fused-ring (bicyclic) bond motifs is 4. The number of carbonyl (C=O) groups excluding carboxylic acids is 1. The van der Waals surface area contributed by atoms with Crippen LogP contribution in [0.15, 0.2) is 116 Å². The molecule has 0 fully saturated rings. The molecule has 1 aromatic heterocycles. The van der Waals surface area contributed by atoms with Gasteiger partial charge in [-0.25, -0.2) is 9.78 Å². The average Bonchev–Trinajstić information content (AvgIpc) is 3.63. The summed E-state index contributed by atoms with van der Waals surface area (Å²) < 4.78 is 6.15. The molecule has 0 saturated carbocycles. The largest absolute Gasteiger partial charge is 0.448 e. The maximum atomic E-state index is 13.9. The lowest BCUT2D eigenvalue weighted by Crippen LogP contribution is -2.44. The van der Waals surface area contributed by atoms with E-state index in [-0.39, 0.29) is 18.1 Å². The van der Waals surface area contributed by atoms with Gasteiger partial charge in [0.2, 0.25) is 0 Å². The number of imidazole rings is 1. The van der Waals surface area contributed by atoms with Crippen molar-refractivity contribution >= 4 is 11.8 Å². The van der Waals surface area contributed by atoms with Gasteiger partial charge in [-0.3, -0.25) is 0 Å². The van der Waals surface area contributed by atoms with Gasteiger partial charge in [0, 0.05) is 30.4 Å². The SMILES string of the molecule is O=C(OCC1c2ccccc2-c2ccccc21)N1Cc2ccccc2N(Cc2cnc[nH]2)C(CCc2ccccc2)C1. The highest BCUT2D eigenvalue weighted by atomic mass is 16.6. The first-order valence-electron chi connectivity index (χ1n) is 14.7. The Bertz CT molecular complexity index is 1620. The fraction of sp³-hybridized carbons (Fsp3) is 0.222. The fourth-order valence-corrected chi connectivity index (χ4v) is 6.56. The summed E-state index contributed by atoms with van der Waals surface area (Å²) in [5.74, 6) is 0.0337. The highest BCUT2D eigenvalue weighted by molar-refractivity contribution is 5.79. The second kappa shape index (κ2) is 11.6. The minimum atomic E-state index is -0.264. The number of H-pyrrole nitrogens is 1. The van der Waals surface area contributed by atoms with Gasteiger partial charge in [-0.2, -0.15) is 0 Å². The minimum Gasteiger partial charge on any atom is -0.448 e. The number of para-hydroxylation sites is 1. The molecule has 1 N–H and O–H groups in total. The van der Waals surface area contributed by atoms with Crippen molar-refractivity contribution in [3.8, 4) is 11.1 Å². The standard InChI is InChI=1S/C36H34N4O2/c41-36(42-24-34-32-15-7-5-13-30(32)31-14-6-8-16-33(31)34)39-21-27-12-4-9-17-35(27)40(22-28-20-37-25-38-28)29(23-39)19-18-26-10-2-1-3-11-26/h1-17,20,25,29,34H,18-19,21-24H2,(H,37,38). The van der Waals surface area contributed by atoms with E-state index in [0.29, 0.717) is 26.2 Å². The minimum absolute atomic E-state index is 0.0337. The van der Waals surface area contributed by atoms with Gasteiger partial charge in [0.25, 0.3) is 0 Å². The molecule has 0 bridgehead atoms. The van der Waals surface area contributed by atoms with Crippen LogP contribution < -0.4 is 4.90 Å². The maximum absolute atomic E-state index is 13.9. The summed E-state index contributed by atoms with van der Waals surface area (Å²) >= 11 is 0. The third-order valence-corrected chi connectivity index (χ3v) is 8.63. The van der Waals surface area contributed by atoms with Crippen LogP contribution in [0.2, 0.25) is 0 Å². The van der Waals surface area contributed by atoms with E-state index in [2.05, 4.69) is 112 Å². The molecule has 0 radical (unpaired) electrons. The Morgan fingerprint density at radius 2 is 1.55 bits per heavy atom. The van der Waals surface area contributed by atoms with E-state index in [1.54, 1.807) is 6.33 Å². The van der Waals surface area contributed by atoms with E-state index in [1.165, 1.54) is 27.8 Å². The number of aromatic nitrogens is 2. The van der Waals surface area contributed by atoms with Crippen molar-refractivity contribution in [3.63, 3.8) is 0 Å². The molecule has 4 aromatic carbocycles. The number of anilines is 1. The van der Waals surface area contributed by atoms with Gasteiger partial charge in [0.1, 0.15) is 6.61 Å². The van der Waals surface area contributed by atoms with Gasteiger partial charge in [-0.05, 0) is 52.3 Å². The smallest absolute Gasteiger partial charge is 0.410 e.